The summed E-state index contributed by atoms with van der Waals surface area (Å²) in [4.78, 5) is 4.32. The summed E-state index contributed by atoms with van der Waals surface area (Å²) in [5.41, 5.74) is 2.58. The van der Waals surface area contributed by atoms with E-state index in [1.165, 1.54) is 17.7 Å². The minimum Gasteiger partial charge on any atom is -0.260 e. The first kappa shape index (κ1) is 6.59. The Morgan fingerprint density at radius 1 is 1.27 bits per heavy atom. The molecule has 1 aromatic rings. The van der Waals surface area contributed by atoms with Gasteiger partial charge in [-0.15, -0.1) is 0 Å². The first-order chi connectivity index (χ1) is 5.29. The molecule has 11 heavy (non-hydrogen) atoms. The first-order valence-electron chi connectivity index (χ1n) is 3.93. The minimum absolute atomic E-state index is 0.977. The molecule has 1 aliphatic rings. The number of pyridine rings is 1. The van der Waals surface area contributed by atoms with Crippen LogP contribution in [0.1, 0.15) is 17.7 Å². The van der Waals surface area contributed by atoms with E-state index in [1.54, 1.807) is 0 Å². The number of fused-ring (bicyclic) bond motifs is 1. The van der Waals surface area contributed by atoms with Gasteiger partial charge in [0, 0.05) is 11.9 Å². The van der Waals surface area contributed by atoms with E-state index in [4.69, 9.17) is 0 Å². The van der Waals surface area contributed by atoms with Crippen molar-refractivity contribution in [3.8, 4) is 0 Å². The van der Waals surface area contributed by atoms with Crippen molar-refractivity contribution in [2.45, 2.75) is 19.3 Å². The van der Waals surface area contributed by atoms with E-state index in [0.717, 1.165) is 23.3 Å². The van der Waals surface area contributed by atoms with Gasteiger partial charge in [-0.05, 0) is 35.3 Å². The summed E-state index contributed by atoms with van der Waals surface area (Å²) in [6.45, 7) is 7.86. The summed E-state index contributed by atoms with van der Waals surface area (Å²) in [5, 5.41) is 2.08. The lowest BCUT2D eigenvalue weighted by Crippen LogP contribution is -2.26. The van der Waals surface area contributed by atoms with Gasteiger partial charge in [0.1, 0.15) is 0 Å². The van der Waals surface area contributed by atoms with Crippen molar-refractivity contribution in [2.24, 2.45) is 0 Å². The van der Waals surface area contributed by atoms with Gasteiger partial charge in [0.05, 0.1) is 0 Å². The summed E-state index contributed by atoms with van der Waals surface area (Å²) >= 11 is 0. The first-order valence-corrected chi connectivity index (χ1v) is 3.93. The maximum Gasteiger partial charge on any atom is 0.0441 e. The van der Waals surface area contributed by atoms with Crippen LogP contribution in [0.2, 0.25) is 0 Å². The number of aromatic nitrogens is 1. The minimum atomic E-state index is 0.977. The van der Waals surface area contributed by atoms with E-state index in [0.29, 0.717) is 0 Å². The third kappa shape index (κ3) is 0.881. The molecule has 1 aliphatic carbocycles. The van der Waals surface area contributed by atoms with Crippen molar-refractivity contribution in [1.29, 1.82) is 0 Å². The van der Waals surface area contributed by atoms with Gasteiger partial charge in [-0.25, -0.2) is 0 Å². The largest absolute Gasteiger partial charge is 0.260 e. The summed E-state index contributed by atoms with van der Waals surface area (Å²) in [6, 6.07) is 0. The summed E-state index contributed by atoms with van der Waals surface area (Å²) in [6.07, 6.45) is 5.32. The van der Waals surface area contributed by atoms with Crippen LogP contribution in [0.5, 0.6) is 0 Å². The molecule has 0 amide bonds. The monoisotopic (exact) mass is 145 g/mol. The van der Waals surface area contributed by atoms with E-state index in [9.17, 15) is 0 Å². The Kier molecular flexibility index (Phi) is 1.31. The Morgan fingerprint density at radius 3 is 2.91 bits per heavy atom. The highest BCUT2D eigenvalue weighted by molar-refractivity contribution is 5.30. The van der Waals surface area contributed by atoms with Gasteiger partial charge in [0.15, 0.2) is 0 Å². The fraction of sp³-hybridized carbons (Fsp3) is 0.300. The number of hydrogen-bond donors (Lipinski definition) is 0. The smallest absolute Gasteiger partial charge is 0.0441 e. The van der Waals surface area contributed by atoms with Gasteiger partial charge >= 0.3 is 0 Å². The fourth-order valence-corrected chi connectivity index (χ4v) is 1.62. The third-order valence-corrected chi connectivity index (χ3v) is 2.32. The molecule has 0 aromatic carbocycles. The van der Waals surface area contributed by atoms with Crippen molar-refractivity contribution in [2.75, 3.05) is 0 Å². The second kappa shape index (κ2) is 2.19. The van der Waals surface area contributed by atoms with Crippen molar-refractivity contribution >= 4 is 13.2 Å². The predicted octanol–water partition coefficient (Wildman–Crippen LogP) is 0.391. The van der Waals surface area contributed by atoms with E-state index >= 15 is 0 Å². The van der Waals surface area contributed by atoms with Crippen LogP contribution < -0.4 is 10.4 Å². The lowest BCUT2D eigenvalue weighted by molar-refractivity contribution is 0.899. The second-order valence-electron chi connectivity index (χ2n) is 3.04. The molecule has 1 heteroatoms. The van der Waals surface area contributed by atoms with E-state index in [1.807, 2.05) is 6.20 Å². The number of aryl methyl sites for hydroxylation is 1. The standard InChI is InChI=1S/C10H11N/c1-7-6-11-10-5-3-4-9(10)8(7)2/h6H,1-5H2. The molecule has 0 saturated heterocycles. The van der Waals surface area contributed by atoms with Gasteiger partial charge < -0.3 is 0 Å². The molecule has 1 nitrogen and oxygen atoms in total. The zero-order valence-electron chi connectivity index (χ0n) is 6.56. The highest BCUT2D eigenvalue weighted by Crippen LogP contribution is 2.13. The topological polar surface area (TPSA) is 12.9 Å². The summed E-state index contributed by atoms with van der Waals surface area (Å²) < 4.78 is 0. The molecule has 0 spiro atoms. The molecule has 0 saturated carbocycles. The molecule has 0 radical (unpaired) electrons. The Balaban J connectivity index is 2.82. The SMILES string of the molecule is C=c1cnc2c(c1=C)CCC2. The van der Waals surface area contributed by atoms with Crippen molar-refractivity contribution in [3.63, 3.8) is 0 Å². The molecule has 2 rings (SSSR count). The second-order valence-corrected chi connectivity index (χ2v) is 3.04. The average molecular weight is 145 g/mol. The summed E-state index contributed by atoms with van der Waals surface area (Å²) in [7, 11) is 0. The van der Waals surface area contributed by atoms with E-state index in [-0.39, 0.29) is 0 Å². The summed E-state index contributed by atoms with van der Waals surface area (Å²) in [5.74, 6) is 0. The van der Waals surface area contributed by atoms with Crippen LogP contribution in [0.4, 0.5) is 0 Å². The third-order valence-electron chi connectivity index (χ3n) is 2.32. The Morgan fingerprint density at radius 2 is 2.09 bits per heavy atom. The number of nitrogens with zero attached hydrogens (tertiary/aromatic N) is 1. The van der Waals surface area contributed by atoms with E-state index < -0.39 is 0 Å². The Bertz CT molecular complexity index is 379. The van der Waals surface area contributed by atoms with Crippen LogP contribution in [0.15, 0.2) is 6.20 Å². The van der Waals surface area contributed by atoms with Crippen LogP contribution in [0.25, 0.3) is 13.2 Å². The molecule has 0 aliphatic heterocycles. The lowest BCUT2D eigenvalue weighted by Gasteiger charge is -1.96. The molecule has 0 unspecified atom stereocenters. The van der Waals surface area contributed by atoms with Crippen molar-refractivity contribution < 1.29 is 0 Å². The number of rotatable bonds is 0. The molecular formula is C10H11N. The molecule has 1 heterocycles. The average Bonchev–Trinajstić information content (AvgIpc) is 2.45. The Hall–Kier alpha value is -1.11. The van der Waals surface area contributed by atoms with Gasteiger partial charge in [0.25, 0.3) is 0 Å². The maximum atomic E-state index is 4.32. The maximum absolute atomic E-state index is 4.32. The van der Waals surface area contributed by atoms with Crippen molar-refractivity contribution in [3.05, 3.63) is 27.9 Å². The van der Waals surface area contributed by atoms with Crippen LogP contribution >= 0.6 is 0 Å². The molecule has 0 bridgehead atoms. The highest BCUT2D eigenvalue weighted by Gasteiger charge is 2.11. The highest BCUT2D eigenvalue weighted by atomic mass is 14.7. The van der Waals surface area contributed by atoms with Crippen LogP contribution in [-0.2, 0) is 12.8 Å². The molecule has 0 atom stereocenters. The fourth-order valence-electron chi connectivity index (χ4n) is 1.62. The van der Waals surface area contributed by atoms with E-state index in [2.05, 4.69) is 18.1 Å². The normalized spacial score (nSPS) is 14.9. The van der Waals surface area contributed by atoms with Crippen LogP contribution in [0.3, 0.4) is 0 Å². The quantitative estimate of drug-likeness (QED) is 0.514. The van der Waals surface area contributed by atoms with Gasteiger partial charge in [-0.3, -0.25) is 4.98 Å². The molecule has 0 N–H and O–H groups in total. The lowest BCUT2D eigenvalue weighted by atomic mass is 10.1. The van der Waals surface area contributed by atoms with Crippen LogP contribution in [0, 0.1) is 0 Å². The van der Waals surface area contributed by atoms with Gasteiger partial charge in [-0.1, -0.05) is 13.2 Å². The number of hydrogen-bond acceptors (Lipinski definition) is 1. The van der Waals surface area contributed by atoms with Crippen molar-refractivity contribution in [1.82, 2.24) is 4.98 Å². The van der Waals surface area contributed by atoms with Crippen LogP contribution in [-0.4, -0.2) is 4.98 Å². The molecule has 1 aromatic heterocycles. The molecule has 0 fully saturated rings. The molecular weight excluding hydrogens is 134 g/mol. The molecule has 56 valence electrons. The van der Waals surface area contributed by atoms with Gasteiger partial charge in [0.2, 0.25) is 0 Å². The zero-order chi connectivity index (χ0) is 7.84. The predicted molar refractivity (Wildman–Crippen MR) is 46.6 cm³/mol. The zero-order valence-corrected chi connectivity index (χ0v) is 6.56. The Labute approximate surface area is 66.1 Å². The van der Waals surface area contributed by atoms with Gasteiger partial charge in [-0.2, -0.15) is 0 Å².